The largest absolute Gasteiger partial charge is 0.480 e. The zero-order chi connectivity index (χ0) is 23.2. The second-order valence-corrected chi connectivity index (χ2v) is 7.09. The Labute approximate surface area is 169 Å². The molecule has 1 unspecified atom stereocenters. The van der Waals surface area contributed by atoms with Gasteiger partial charge in [-0.05, 0) is 6.92 Å². The molecule has 1 rings (SSSR count). The Morgan fingerprint density at radius 1 is 0.714 bits per heavy atom. The van der Waals surface area contributed by atoms with Crippen LogP contribution in [-0.2, 0) is 14.4 Å². The molecule has 28 heavy (non-hydrogen) atoms. The van der Waals surface area contributed by atoms with Crippen LogP contribution in [0.15, 0.2) is 0 Å². The number of hydrogen-bond donors (Lipinski definition) is 4. The van der Waals surface area contributed by atoms with Gasteiger partial charge in [-0.3, -0.25) is 34.0 Å². The van der Waals surface area contributed by atoms with Crippen LogP contribution in [0.2, 0.25) is 0 Å². The highest BCUT2D eigenvalue weighted by molar-refractivity contribution is 5.69. The molecule has 1 aliphatic heterocycles. The molecule has 11 nitrogen and oxygen atoms in total. The molecule has 0 aliphatic carbocycles. The summed E-state index contributed by atoms with van der Waals surface area (Å²) in [6.07, 6.45) is -0.572. The van der Waals surface area contributed by atoms with E-state index in [1.807, 2.05) is 4.90 Å². The van der Waals surface area contributed by atoms with E-state index >= 15 is 0 Å². The molecular formula is C17H32N4O7. The van der Waals surface area contributed by atoms with Crippen molar-refractivity contribution < 1.29 is 34.8 Å². The Kier molecular flexibility index (Phi) is 8.80. The predicted octanol–water partition coefficient (Wildman–Crippen LogP) is -2.16. The molecule has 0 aromatic carbocycles. The Bertz CT molecular complexity index is 540. The Morgan fingerprint density at radius 3 is 1.25 bits per heavy atom. The summed E-state index contributed by atoms with van der Waals surface area (Å²) in [7, 11) is 0. The first-order valence-electron chi connectivity index (χ1n) is 10.5. The number of aliphatic hydroxyl groups excluding tert-OH is 1. The van der Waals surface area contributed by atoms with Gasteiger partial charge in [-0.2, -0.15) is 0 Å². The van der Waals surface area contributed by atoms with Gasteiger partial charge in [0.1, 0.15) is 0 Å². The predicted molar refractivity (Wildman–Crippen MR) is 100 cm³/mol. The topological polar surface area (TPSA) is 145 Å². The van der Waals surface area contributed by atoms with Crippen molar-refractivity contribution in [2.24, 2.45) is 0 Å². The number of rotatable bonds is 8. The Hall–Kier alpha value is -1.79. The Morgan fingerprint density at radius 2 is 1.00 bits per heavy atom. The van der Waals surface area contributed by atoms with Crippen LogP contribution in [-0.4, -0.2) is 143 Å². The van der Waals surface area contributed by atoms with Crippen LogP contribution in [0.4, 0.5) is 0 Å². The molecule has 0 spiro atoms. The summed E-state index contributed by atoms with van der Waals surface area (Å²) >= 11 is 0. The van der Waals surface area contributed by atoms with Gasteiger partial charge in [0.25, 0.3) is 4.29 Å². The smallest absolute Gasteiger partial charge is 0.317 e. The van der Waals surface area contributed by atoms with Gasteiger partial charge in [-0.15, -0.1) is 0 Å². The number of aliphatic hydroxyl groups is 1. The first kappa shape index (κ1) is 19.5. The van der Waals surface area contributed by atoms with Crippen LogP contribution in [0.3, 0.4) is 0 Å². The van der Waals surface area contributed by atoms with Crippen molar-refractivity contribution in [2.45, 2.75) is 13.0 Å². The van der Waals surface area contributed by atoms with Gasteiger partial charge in [0.05, 0.1) is 25.7 Å². The molecule has 1 aliphatic rings. The molecule has 0 aromatic heterocycles. The maximum atomic E-state index is 11.6. The van der Waals surface area contributed by atoms with E-state index in [1.165, 1.54) is 0 Å². The normalized spacial score (nSPS) is 21.9. The van der Waals surface area contributed by atoms with Gasteiger partial charge in [0, 0.05) is 58.9 Å². The zero-order valence-corrected chi connectivity index (χ0v) is 16.2. The number of carboxylic acids is 3. The SMILES string of the molecule is [2H]OC(=O)CN1CCN(CC(=O)O[2H])CCN(CC(C)O)CCN(CC(=O)O[2H])CC1. The lowest BCUT2D eigenvalue weighted by Crippen LogP contribution is -2.49. The number of β-amino-alcohol motifs (C(OH)–C–C–N with tert-alkyl or cyclic N) is 1. The van der Waals surface area contributed by atoms with Crippen molar-refractivity contribution in [1.29, 1.82) is 4.29 Å². The maximum Gasteiger partial charge on any atom is 0.317 e. The fraction of sp³-hybridized carbons (Fsp3) is 0.824. The van der Waals surface area contributed by atoms with Crippen LogP contribution in [0.25, 0.3) is 4.29 Å². The van der Waals surface area contributed by atoms with Crippen LogP contribution in [0.5, 0.6) is 0 Å². The molecule has 0 aromatic rings. The van der Waals surface area contributed by atoms with Gasteiger partial charge >= 0.3 is 17.9 Å². The number of hydrogen-bond acceptors (Lipinski definition) is 11. The minimum Gasteiger partial charge on any atom is -0.480 e. The highest BCUT2D eigenvalue weighted by atomic mass is 16.4. The zero-order valence-electron chi connectivity index (χ0n) is 19.2. The van der Waals surface area contributed by atoms with Gasteiger partial charge in [-0.1, -0.05) is 0 Å². The molecule has 0 amide bonds. The minimum absolute atomic E-state index is 0.0930. The van der Waals surface area contributed by atoms with E-state index in [4.69, 9.17) is 4.29 Å². The highest BCUT2D eigenvalue weighted by Crippen LogP contribution is 2.02. The molecule has 0 bridgehead atoms. The van der Waals surface area contributed by atoms with Crippen molar-refractivity contribution in [3.63, 3.8) is 0 Å². The Balaban J connectivity index is 2.95. The van der Waals surface area contributed by atoms with Crippen molar-refractivity contribution in [2.75, 3.05) is 78.5 Å². The summed E-state index contributed by atoms with van der Waals surface area (Å²) in [5, 5.41) is 21.9. The van der Waals surface area contributed by atoms with Crippen LogP contribution < -0.4 is 0 Å². The first-order chi connectivity index (χ1) is 14.8. The molecule has 0 saturated carbocycles. The molecule has 1 atom stereocenters. The lowest BCUT2D eigenvalue weighted by atomic mass is 10.3. The molecule has 1 fully saturated rings. The molecule has 0 radical (unpaired) electrons. The number of aliphatic carboxylic acids is 3. The van der Waals surface area contributed by atoms with Crippen molar-refractivity contribution in [1.82, 2.24) is 19.6 Å². The number of nitrogens with zero attached hydrogens (tertiary/aromatic N) is 4. The van der Waals surface area contributed by atoms with E-state index < -0.39 is 24.0 Å². The lowest BCUT2D eigenvalue weighted by molar-refractivity contribution is -0.140. The summed E-state index contributed by atoms with van der Waals surface area (Å²) in [4.78, 5) is 42.2. The van der Waals surface area contributed by atoms with E-state index in [0.717, 1.165) is 0 Å². The van der Waals surface area contributed by atoms with E-state index in [9.17, 15) is 19.5 Å². The number of carbonyl (C=O) groups is 3. The quantitative estimate of drug-likeness (QED) is 0.349. The molecule has 162 valence electrons. The standard InChI is InChI=1S/C17H32N4O7/c1-14(22)10-18-2-4-19(11-15(23)24)6-8-21(13-17(27)28)9-7-20(5-3-18)12-16(25)26/h14,22H,2-13H2,1H3,(H,23,24)(H,25,26)(H,27,28)/i/hD3. The van der Waals surface area contributed by atoms with E-state index in [2.05, 4.69) is 15.3 Å². The highest BCUT2D eigenvalue weighted by Gasteiger charge is 2.20. The number of carboxylic acid groups (broad SMARTS) is 3. The summed E-state index contributed by atoms with van der Waals surface area (Å²) in [6.45, 7) is 5.19. The average Bonchev–Trinajstić information content (AvgIpc) is 2.74. The van der Waals surface area contributed by atoms with E-state index in [-0.39, 0.29) is 19.6 Å². The third-order valence-electron chi connectivity index (χ3n) is 4.51. The molecule has 4 N–H and O–H groups in total. The fourth-order valence-corrected chi connectivity index (χ4v) is 3.16. The molecule has 1 heterocycles. The van der Waals surface area contributed by atoms with Crippen LogP contribution in [0, 0.1) is 0 Å². The van der Waals surface area contributed by atoms with Gasteiger partial charge in [-0.25, -0.2) is 0 Å². The third kappa shape index (κ3) is 11.1. The van der Waals surface area contributed by atoms with Crippen molar-refractivity contribution in [3.8, 4) is 0 Å². The summed E-state index contributed by atoms with van der Waals surface area (Å²) in [6, 6.07) is 0. The maximum absolute atomic E-state index is 11.6. The van der Waals surface area contributed by atoms with Crippen LogP contribution in [0.1, 0.15) is 6.92 Å². The summed E-state index contributed by atoms with van der Waals surface area (Å²) in [5.74, 6) is -2.14. The monoisotopic (exact) mass is 407 g/mol. The van der Waals surface area contributed by atoms with Gasteiger partial charge < -0.3 is 20.4 Å². The van der Waals surface area contributed by atoms with Gasteiger partial charge in [0.15, 0.2) is 0 Å². The van der Waals surface area contributed by atoms with Crippen molar-refractivity contribution in [3.05, 3.63) is 0 Å². The first-order valence-corrected chi connectivity index (χ1v) is 9.32. The van der Waals surface area contributed by atoms with E-state index in [1.54, 1.807) is 21.6 Å². The summed E-state index contributed by atoms with van der Waals surface area (Å²) in [5.41, 5.74) is 0. The van der Waals surface area contributed by atoms with E-state index in [0.29, 0.717) is 58.9 Å². The second kappa shape index (κ2) is 12.6. The molecule has 11 heteroatoms. The van der Waals surface area contributed by atoms with Crippen molar-refractivity contribution >= 4 is 17.9 Å². The summed E-state index contributed by atoms with van der Waals surface area (Å²) < 4.78 is 20.3. The molecule has 1 saturated heterocycles. The second-order valence-electron chi connectivity index (χ2n) is 7.09. The molecular weight excluding hydrogens is 372 g/mol. The lowest BCUT2D eigenvalue weighted by Gasteiger charge is -2.33. The fourth-order valence-electron chi connectivity index (χ4n) is 3.16. The van der Waals surface area contributed by atoms with Crippen LogP contribution >= 0.6 is 0 Å². The van der Waals surface area contributed by atoms with Gasteiger partial charge in [0.2, 0.25) is 0 Å². The average molecular weight is 407 g/mol. The third-order valence-corrected chi connectivity index (χ3v) is 4.51. The minimum atomic E-state index is -0.732.